The lowest BCUT2D eigenvalue weighted by Gasteiger charge is -2.37. The molecule has 0 aliphatic rings. The van der Waals surface area contributed by atoms with E-state index in [1.165, 1.54) is 141 Å². The van der Waals surface area contributed by atoms with Gasteiger partial charge < -0.3 is 14.3 Å². The van der Waals surface area contributed by atoms with Crippen molar-refractivity contribution in [2.75, 3.05) is 27.7 Å². The predicted molar refractivity (Wildman–Crippen MR) is 208 cm³/mol. The molecule has 0 saturated carbocycles. The fraction of sp³-hybridized carbons (Fsp3) is 0.951. The van der Waals surface area contributed by atoms with Crippen molar-refractivity contribution in [1.82, 2.24) is 0 Å². The molecule has 2 N–H and O–H groups in total. The molecule has 0 unspecified atom stereocenters. The molecule has 0 atom stereocenters. The van der Waals surface area contributed by atoms with Crippen molar-refractivity contribution in [2.45, 2.75) is 225 Å². The molecule has 0 aromatic heterocycles. The van der Waals surface area contributed by atoms with E-state index in [1.807, 2.05) is 21.1 Å². The number of ketones is 2. The summed E-state index contributed by atoms with van der Waals surface area (Å²) >= 11 is 0. The molecule has 292 valence electrons. The molecule has 0 aromatic rings. The Bertz CT molecular complexity index is 790. The molecule has 8 heteroatoms. The van der Waals surface area contributed by atoms with Crippen LogP contribution >= 0.6 is 7.82 Å². The Morgan fingerprint density at radius 3 is 0.898 bits per heavy atom. The lowest BCUT2D eigenvalue weighted by Crippen LogP contribution is -2.59. The summed E-state index contributed by atoms with van der Waals surface area (Å²) < 4.78 is 17.5. The number of carbonyl (C=O) groups is 2. The van der Waals surface area contributed by atoms with E-state index in [0.29, 0.717) is 12.8 Å². The first-order valence-corrected chi connectivity index (χ1v) is 22.5. The maximum atomic E-state index is 13.7. The Morgan fingerprint density at radius 2 is 0.694 bits per heavy atom. The van der Waals surface area contributed by atoms with Gasteiger partial charge in [-0.05, 0) is 12.8 Å². The zero-order chi connectivity index (χ0) is 36.7. The van der Waals surface area contributed by atoms with E-state index in [1.54, 1.807) is 0 Å². The van der Waals surface area contributed by atoms with Gasteiger partial charge in [-0.2, -0.15) is 0 Å². The van der Waals surface area contributed by atoms with E-state index in [2.05, 4.69) is 13.8 Å². The number of phosphoric acid groups is 1. The molecule has 0 bridgehead atoms. The molecular formula is C41H83NO6P+. The van der Waals surface area contributed by atoms with Crippen LogP contribution in [0.1, 0.15) is 219 Å². The SMILES string of the molecule is CCCCCCCCCCCCCCCCCC(=O)C(C[N+](C)(C)C)(OP(=O)(O)O)C(=O)CCCCCCCCCCCCCCCCC. The largest absolute Gasteiger partial charge is 0.471 e. The Hall–Kier alpha value is -0.590. The number of carbonyl (C=O) groups excluding carboxylic acids is 2. The van der Waals surface area contributed by atoms with Gasteiger partial charge >= 0.3 is 7.82 Å². The molecule has 0 fully saturated rings. The van der Waals surface area contributed by atoms with Gasteiger partial charge in [0.15, 0.2) is 11.6 Å². The first kappa shape index (κ1) is 48.4. The number of hydrogen-bond donors (Lipinski definition) is 2. The van der Waals surface area contributed by atoms with Crippen LogP contribution in [-0.2, 0) is 18.7 Å². The number of unbranched alkanes of at least 4 members (excludes halogenated alkanes) is 28. The lowest BCUT2D eigenvalue weighted by atomic mass is 9.86. The topological polar surface area (TPSA) is 101 Å². The average Bonchev–Trinajstić information content (AvgIpc) is 3.02. The molecule has 49 heavy (non-hydrogen) atoms. The lowest BCUT2D eigenvalue weighted by molar-refractivity contribution is -0.874. The van der Waals surface area contributed by atoms with Crippen LogP contribution in [0.15, 0.2) is 0 Å². The maximum Gasteiger partial charge on any atom is 0.471 e. The summed E-state index contributed by atoms with van der Waals surface area (Å²) in [5.41, 5.74) is -2.11. The number of nitrogens with zero attached hydrogens (tertiary/aromatic N) is 1. The van der Waals surface area contributed by atoms with Crippen LogP contribution in [0.3, 0.4) is 0 Å². The maximum absolute atomic E-state index is 13.7. The summed E-state index contributed by atoms with van der Waals surface area (Å²) in [5.74, 6) is -0.964. The van der Waals surface area contributed by atoms with Gasteiger partial charge in [0.05, 0.1) is 21.1 Å². The van der Waals surface area contributed by atoms with Crippen LogP contribution < -0.4 is 0 Å². The van der Waals surface area contributed by atoms with E-state index in [9.17, 15) is 23.9 Å². The van der Waals surface area contributed by atoms with Crippen LogP contribution in [0.4, 0.5) is 0 Å². The van der Waals surface area contributed by atoms with E-state index < -0.39 is 25.0 Å². The molecule has 0 aliphatic carbocycles. The second-order valence-corrected chi connectivity index (χ2v) is 17.3. The minimum absolute atomic E-state index is 0.0900. The third-order valence-electron chi connectivity index (χ3n) is 9.89. The van der Waals surface area contributed by atoms with Crippen molar-refractivity contribution in [2.24, 2.45) is 0 Å². The monoisotopic (exact) mass is 717 g/mol. The molecule has 0 aliphatic heterocycles. The second kappa shape index (κ2) is 31.0. The Balaban J connectivity index is 4.52. The van der Waals surface area contributed by atoms with Crippen LogP contribution in [-0.4, -0.2) is 59.1 Å². The summed E-state index contributed by atoms with van der Waals surface area (Å²) in [5, 5.41) is 0. The molecule has 0 radical (unpaired) electrons. The summed E-state index contributed by atoms with van der Waals surface area (Å²) in [4.78, 5) is 47.0. The quantitative estimate of drug-likeness (QED) is 0.0285. The van der Waals surface area contributed by atoms with Gasteiger partial charge in [-0.3, -0.25) is 14.1 Å². The molecule has 0 spiro atoms. The van der Waals surface area contributed by atoms with Crippen LogP contribution in [0.2, 0.25) is 0 Å². The van der Waals surface area contributed by atoms with E-state index >= 15 is 0 Å². The number of likely N-dealkylation sites (N-methyl/N-ethyl adjacent to an activating group) is 1. The van der Waals surface area contributed by atoms with E-state index in [4.69, 9.17) is 4.52 Å². The molecule has 0 saturated heterocycles. The van der Waals surface area contributed by atoms with Gasteiger partial charge in [0.2, 0.25) is 5.60 Å². The van der Waals surface area contributed by atoms with Gasteiger partial charge in [0.25, 0.3) is 0 Å². The zero-order valence-corrected chi connectivity index (χ0v) is 34.2. The number of hydrogen-bond acceptors (Lipinski definition) is 4. The highest BCUT2D eigenvalue weighted by molar-refractivity contribution is 7.46. The van der Waals surface area contributed by atoms with Crippen molar-refractivity contribution >= 4 is 19.4 Å². The van der Waals surface area contributed by atoms with E-state index in [0.717, 1.165) is 38.5 Å². The smallest absolute Gasteiger partial charge is 0.328 e. The number of rotatable bonds is 38. The van der Waals surface area contributed by atoms with Crippen molar-refractivity contribution in [3.8, 4) is 0 Å². The third-order valence-corrected chi connectivity index (χ3v) is 10.4. The predicted octanol–water partition coefficient (Wildman–Crippen LogP) is 12.2. The minimum atomic E-state index is -5.08. The fourth-order valence-electron chi connectivity index (χ4n) is 7.05. The van der Waals surface area contributed by atoms with Crippen LogP contribution in [0.5, 0.6) is 0 Å². The minimum Gasteiger partial charge on any atom is -0.328 e. The van der Waals surface area contributed by atoms with Crippen molar-refractivity contribution < 1.29 is 32.9 Å². The summed E-state index contributed by atoms with van der Waals surface area (Å²) in [6.07, 6.45) is 36.6. The summed E-state index contributed by atoms with van der Waals surface area (Å²) in [7, 11) is 0.375. The average molecular weight is 717 g/mol. The fourth-order valence-corrected chi connectivity index (χ4v) is 7.72. The summed E-state index contributed by atoms with van der Waals surface area (Å²) in [6.45, 7) is 4.43. The van der Waals surface area contributed by atoms with Crippen molar-refractivity contribution in [1.29, 1.82) is 0 Å². The Labute approximate surface area is 304 Å². The normalized spacial score (nSPS) is 12.6. The third kappa shape index (κ3) is 29.7. The van der Waals surface area contributed by atoms with Gasteiger partial charge in [-0.25, -0.2) is 4.57 Å². The molecule has 0 aromatic carbocycles. The van der Waals surface area contributed by atoms with Crippen molar-refractivity contribution in [3.63, 3.8) is 0 Å². The van der Waals surface area contributed by atoms with Gasteiger partial charge in [0.1, 0.15) is 6.54 Å². The van der Waals surface area contributed by atoms with Gasteiger partial charge in [0, 0.05) is 12.8 Å². The molecule has 0 amide bonds. The highest BCUT2D eigenvalue weighted by Gasteiger charge is 2.53. The van der Waals surface area contributed by atoms with Crippen LogP contribution in [0.25, 0.3) is 0 Å². The highest BCUT2D eigenvalue weighted by atomic mass is 31.2. The van der Waals surface area contributed by atoms with Gasteiger partial charge in [-0.1, -0.05) is 194 Å². The molecule has 0 rings (SSSR count). The molecule has 7 nitrogen and oxygen atoms in total. The first-order chi connectivity index (χ1) is 23.4. The van der Waals surface area contributed by atoms with Gasteiger partial charge in [-0.15, -0.1) is 0 Å². The Kier molecular flexibility index (Phi) is 30.6. The first-order valence-electron chi connectivity index (χ1n) is 21.0. The van der Waals surface area contributed by atoms with Crippen LogP contribution in [0, 0.1) is 0 Å². The Morgan fingerprint density at radius 1 is 0.469 bits per heavy atom. The standard InChI is InChI=1S/C41H82NO6P/c1-6-8-10-12-14-16-18-20-22-24-26-28-30-32-34-36-39(43)41(38-42(3,4)5,48-49(45,46)47)40(44)37-35-33-31-29-27-25-23-21-19-17-15-13-11-9-7-2/h6-38H2,1-5H3,(H-,45,46,47)/p+1. The molecule has 0 heterocycles. The number of Topliss-reactive ketones (excluding diaryl/α,β-unsaturated/α-hetero) is 2. The highest BCUT2D eigenvalue weighted by Crippen LogP contribution is 2.44. The zero-order valence-electron chi connectivity index (χ0n) is 33.3. The second-order valence-electron chi connectivity index (χ2n) is 16.1. The molecular weight excluding hydrogens is 633 g/mol. The number of phosphoric ester groups is 1. The van der Waals surface area contributed by atoms with Crippen molar-refractivity contribution in [3.05, 3.63) is 0 Å². The van der Waals surface area contributed by atoms with E-state index in [-0.39, 0.29) is 23.9 Å². The number of quaternary nitrogens is 1. The summed E-state index contributed by atoms with van der Waals surface area (Å²) in [6, 6.07) is 0.